The summed E-state index contributed by atoms with van der Waals surface area (Å²) in [5.74, 6) is 1.88. The van der Waals surface area contributed by atoms with Crippen LogP contribution in [0.3, 0.4) is 0 Å². The van der Waals surface area contributed by atoms with Gasteiger partial charge in [-0.25, -0.2) is 15.0 Å². The van der Waals surface area contributed by atoms with E-state index in [-0.39, 0.29) is 0 Å². The molecule has 0 aliphatic heterocycles. The van der Waals surface area contributed by atoms with Crippen molar-refractivity contribution in [3.05, 3.63) is 200 Å². The van der Waals surface area contributed by atoms with Crippen molar-refractivity contribution in [3.8, 4) is 78.7 Å². The number of aromatic nitrogens is 3. The molecule has 0 saturated heterocycles. The highest BCUT2D eigenvalue weighted by Crippen LogP contribution is 2.40. The Balaban J connectivity index is 1.23. The summed E-state index contributed by atoms with van der Waals surface area (Å²) in [6.45, 7) is 0. The Kier molecular flexibility index (Phi) is 8.20. The first-order chi connectivity index (χ1) is 25.8. The fraction of sp³-hybridized carbons (Fsp3) is 0. The lowest BCUT2D eigenvalue weighted by Gasteiger charge is -2.17. The van der Waals surface area contributed by atoms with Gasteiger partial charge in [0.2, 0.25) is 0 Å². The molecular weight excluding hydrogens is 631 g/mol. The van der Waals surface area contributed by atoms with Gasteiger partial charge in [-0.1, -0.05) is 194 Å². The molecule has 0 saturated carbocycles. The number of hydrogen-bond donors (Lipinski definition) is 0. The first-order valence-corrected chi connectivity index (χ1v) is 17.5. The summed E-state index contributed by atoms with van der Waals surface area (Å²) in [5.41, 5.74) is 11.9. The second-order valence-electron chi connectivity index (χ2n) is 12.8. The van der Waals surface area contributed by atoms with Crippen LogP contribution >= 0.6 is 0 Å². The van der Waals surface area contributed by atoms with Crippen molar-refractivity contribution < 1.29 is 0 Å². The van der Waals surface area contributed by atoms with Gasteiger partial charge in [-0.05, 0) is 55.8 Å². The summed E-state index contributed by atoms with van der Waals surface area (Å²) >= 11 is 0. The molecule has 3 heteroatoms. The van der Waals surface area contributed by atoms with Crippen LogP contribution in [-0.4, -0.2) is 15.0 Å². The molecule has 244 valence electrons. The van der Waals surface area contributed by atoms with Crippen LogP contribution < -0.4 is 0 Å². The van der Waals surface area contributed by atoms with Crippen LogP contribution in [0.5, 0.6) is 0 Å². The fourth-order valence-electron chi connectivity index (χ4n) is 6.89. The van der Waals surface area contributed by atoms with E-state index in [1.165, 1.54) is 21.9 Å². The second-order valence-corrected chi connectivity index (χ2v) is 12.8. The normalized spacial score (nSPS) is 11.1. The van der Waals surface area contributed by atoms with Crippen LogP contribution in [0.1, 0.15) is 0 Å². The number of hydrogen-bond acceptors (Lipinski definition) is 3. The highest BCUT2D eigenvalue weighted by Gasteiger charge is 2.19. The van der Waals surface area contributed by atoms with Gasteiger partial charge in [0.25, 0.3) is 0 Å². The Labute approximate surface area is 303 Å². The Bertz CT molecular complexity index is 2530. The number of rotatable bonds is 7. The summed E-state index contributed by atoms with van der Waals surface area (Å²) in [7, 11) is 0. The van der Waals surface area contributed by atoms with Crippen molar-refractivity contribution >= 4 is 10.8 Å². The fourth-order valence-corrected chi connectivity index (χ4v) is 6.89. The molecule has 0 fully saturated rings. The molecule has 0 amide bonds. The summed E-state index contributed by atoms with van der Waals surface area (Å²) in [6.07, 6.45) is 0. The maximum absolute atomic E-state index is 5.22. The predicted molar refractivity (Wildman–Crippen MR) is 215 cm³/mol. The van der Waals surface area contributed by atoms with Crippen LogP contribution in [0, 0.1) is 0 Å². The number of nitrogens with zero attached hydrogens (tertiary/aromatic N) is 3. The van der Waals surface area contributed by atoms with Crippen molar-refractivity contribution in [2.24, 2.45) is 0 Å². The molecule has 9 rings (SSSR count). The van der Waals surface area contributed by atoms with Gasteiger partial charge in [-0.15, -0.1) is 0 Å². The number of benzene rings is 8. The van der Waals surface area contributed by atoms with Crippen molar-refractivity contribution in [3.63, 3.8) is 0 Å². The van der Waals surface area contributed by atoms with Gasteiger partial charge in [0.15, 0.2) is 17.5 Å². The van der Waals surface area contributed by atoms with E-state index in [0.29, 0.717) is 17.5 Å². The summed E-state index contributed by atoms with van der Waals surface area (Å²) < 4.78 is 0. The molecule has 8 aromatic carbocycles. The van der Waals surface area contributed by atoms with Crippen molar-refractivity contribution in [1.29, 1.82) is 0 Å². The lowest BCUT2D eigenvalue weighted by molar-refractivity contribution is 1.07. The molecule has 9 aromatic rings. The molecule has 0 N–H and O–H groups in total. The SMILES string of the molecule is c1ccc(-c2ccc(-c3nc(-c4ccc(-c5ccccc5)cc4)nc(-c4cccc(-c5ccc6ccccc6c5)c4-c4ccccc4)n3)cc2)cc1. The summed E-state index contributed by atoms with van der Waals surface area (Å²) in [6, 6.07) is 70.0. The van der Waals surface area contributed by atoms with Gasteiger partial charge in [-0.2, -0.15) is 0 Å². The zero-order valence-corrected chi connectivity index (χ0v) is 28.4. The molecule has 0 spiro atoms. The molecule has 0 aliphatic carbocycles. The molecule has 3 nitrogen and oxygen atoms in total. The van der Waals surface area contributed by atoms with Gasteiger partial charge >= 0.3 is 0 Å². The second kappa shape index (κ2) is 13.7. The van der Waals surface area contributed by atoms with Gasteiger partial charge in [-0.3, -0.25) is 0 Å². The van der Waals surface area contributed by atoms with E-state index in [1.54, 1.807) is 0 Å². The zero-order valence-electron chi connectivity index (χ0n) is 28.4. The van der Waals surface area contributed by atoms with Crippen LogP contribution in [-0.2, 0) is 0 Å². The molecule has 0 bridgehead atoms. The van der Waals surface area contributed by atoms with E-state index in [0.717, 1.165) is 50.1 Å². The minimum absolute atomic E-state index is 0.626. The molecule has 52 heavy (non-hydrogen) atoms. The predicted octanol–water partition coefficient (Wildman–Crippen LogP) is 12.7. The van der Waals surface area contributed by atoms with Gasteiger partial charge in [0.05, 0.1) is 0 Å². The minimum atomic E-state index is 0.626. The lowest BCUT2D eigenvalue weighted by atomic mass is 9.89. The topological polar surface area (TPSA) is 38.7 Å². The molecular formula is C49H33N3. The molecule has 0 unspecified atom stereocenters. The number of fused-ring (bicyclic) bond motifs is 1. The van der Waals surface area contributed by atoms with Crippen LogP contribution in [0.4, 0.5) is 0 Å². The Morgan fingerprint density at radius 1 is 0.231 bits per heavy atom. The average Bonchev–Trinajstić information content (AvgIpc) is 3.24. The quantitative estimate of drug-likeness (QED) is 0.170. The van der Waals surface area contributed by atoms with Crippen LogP contribution in [0.25, 0.3) is 89.4 Å². The van der Waals surface area contributed by atoms with Crippen LogP contribution in [0.15, 0.2) is 200 Å². The van der Waals surface area contributed by atoms with Gasteiger partial charge in [0.1, 0.15) is 0 Å². The Morgan fingerprint density at radius 2 is 0.635 bits per heavy atom. The van der Waals surface area contributed by atoms with E-state index >= 15 is 0 Å². The molecule has 1 heterocycles. The average molecular weight is 664 g/mol. The standard InChI is InChI=1S/C49H33N3/c1-4-13-34(14-5-1)37-23-28-40(29-24-37)47-50-48(41-30-25-38(26-31-41)35-15-6-2-7-16-35)52-49(51-47)45-22-12-21-44(46(45)39-18-8-3-9-19-39)43-32-27-36-17-10-11-20-42(36)33-43/h1-33H. The Hall–Kier alpha value is -6.97. The van der Waals surface area contributed by atoms with Crippen molar-refractivity contribution in [2.75, 3.05) is 0 Å². The highest BCUT2D eigenvalue weighted by molar-refractivity contribution is 5.96. The lowest BCUT2D eigenvalue weighted by Crippen LogP contribution is -2.02. The molecule has 1 aromatic heterocycles. The zero-order chi connectivity index (χ0) is 34.7. The third kappa shape index (κ3) is 6.17. The smallest absolute Gasteiger partial charge is 0.164 e. The van der Waals surface area contributed by atoms with E-state index in [4.69, 9.17) is 15.0 Å². The maximum Gasteiger partial charge on any atom is 0.164 e. The van der Waals surface area contributed by atoms with E-state index < -0.39 is 0 Å². The van der Waals surface area contributed by atoms with Crippen molar-refractivity contribution in [2.45, 2.75) is 0 Å². The van der Waals surface area contributed by atoms with Gasteiger partial charge in [0, 0.05) is 22.3 Å². The minimum Gasteiger partial charge on any atom is -0.208 e. The largest absolute Gasteiger partial charge is 0.208 e. The maximum atomic E-state index is 5.22. The third-order valence-electron chi connectivity index (χ3n) is 9.56. The molecule has 0 aliphatic rings. The highest BCUT2D eigenvalue weighted by atomic mass is 15.0. The van der Waals surface area contributed by atoms with Crippen molar-refractivity contribution in [1.82, 2.24) is 15.0 Å². The van der Waals surface area contributed by atoms with E-state index in [2.05, 4.69) is 188 Å². The third-order valence-corrected chi connectivity index (χ3v) is 9.56. The summed E-state index contributed by atoms with van der Waals surface area (Å²) in [5, 5.41) is 2.42. The van der Waals surface area contributed by atoms with Gasteiger partial charge < -0.3 is 0 Å². The summed E-state index contributed by atoms with van der Waals surface area (Å²) in [4.78, 5) is 15.5. The molecule has 0 atom stereocenters. The molecule has 0 radical (unpaired) electrons. The Morgan fingerprint density at radius 3 is 1.19 bits per heavy atom. The first kappa shape index (κ1) is 31.0. The monoisotopic (exact) mass is 663 g/mol. The first-order valence-electron chi connectivity index (χ1n) is 17.5. The van der Waals surface area contributed by atoms with E-state index in [9.17, 15) is 0 Å². The van der Waals surface area contributed by atoms with Crippen LogP contribution in [0.2, 0.25) is 0 Å². The van der Waals surface area contributed by atoms with E-state index in [1.807, 2.05) is 12.1 Å².